The lowest BCUT2D eigenvalue weighted by Gasteiger charge is -2.22. The van der Waals surface area contributed by atoms with Crippen LogP contribution in [0, 0.1) is 0 Å². The molecule has 18 heavy (non-hydrogen) atoms. The summed E-state index contributed by atoms with van der Waals surface area (Å²) in [6.45, 7) is 7.34. The van der Waals surface area contributed by atoms with Gasteiger partial charge >= 0.3 is 5.97 Å². The van der Waals surface area contributed by atoms with Crippen LogP contribution in [0.3, 0.4) is 0 Å². The third kappa shape index (κ3) is 4.97. The van der Waals surface area contributed by atoms with Crippen LogP contribution < -0.4 is 0 Å². The van der Waals surface area contributed by atoms with Gasteiger partial charge < -0.3 is 9.84 Å². The van der Waals surface area contributed by atoms with Crippen LogP contribution in [0.5, 0.6) is 0 Å². The van der Waals surface area contributed by atoms with Crippen molar-refractivity contribution in [2.75, 3.05) is 13.3 Å². The summed E-state index contributed by atoms with van der Waals surface area (Å²) in [6, 6.07) is 1.00. The Kier molecular flexibility index (Phi) is 5.03. The number of hydrogen-bond donors (Lipinski definition) is 1. The van der Waals surface area contributed by atoms with Crippen LogP contribution in [0.25, 0.3) is 0 Å². The summed E-state index contributed by atoms with van der Waals surface area (Å²) in [5.41, 5.74) is 0.0170. The van der Waals surface area contributed by atoms with Crippen LogP contribution in [-0.4, -0.2) is 49.1 Å². The Morgan fingerprint density at radius 1 is 1.44 bits per heavy atom. The molecule has 1 amide bonds. The lowest BCUT2D eigenvalue weighted by Crippen LogP contribution is -2.36. The number of carboxylic acids is 1. The van der Waals surface area contributed by atoms with Gasteiger partial charge in [-0.3, -0.25) is 4.79 Å². The molecule has 1 aliphatic rings. The summed E-state index contributed by atoms with van der Waals surface area (Å²) >= 11 is 0. The van der Waals surface area contributed by atoms with Crippen molar-refractivity contribution >= 4 is 25.7 Å². The Hall–Kier alpha value is -1.21. The molecule has 0 aliphatic carbocycles. The van der Waals surface area contributed by atoms with Gasteiger partial charge in [-0.2, -0.15) is 5.10 Å². The van der Waals surface area contributed by atoms with E-state index in [0.29, 0.717) is 6.61 Å². The van der Waals surface area contributed by atoms with Crippen molar-refractivity contribution in [3.05, 3.63) is 0 Å². The van der Waals surface area contributed by atoms with Crippen molar-refractivity contribution in [2.24, 2.45) is 5.10 Å². The average molecular weight is 272 g/mol. The van der Waals surface area contributed by atoms with E-state index in [4.69, 9.17) is 9.84 Å². The first-order chi connectivity index (χ1) is 8.29. The molecule has 0 aromatic heterocycles. The maximum atomic E-state index is 11.5. The van der Waals surface area contributed by atoms with Gasteiger partial charge in [-0.1, -0.05) is 19.6 Å². The van der Waals surface area contributed by atoms with Gasteiger partial charge in [-0.25, -0.2) is 9.80 Å². The fourth-order valence-corrected chi connectivity index (χ4v) is 2.14. The fraction of sp³-hybridized carbons (Fsp3) is 0.727. The van der Waals surface area contributed by atoms with Crippen molar-refractivity contribution in [3.63, 3.8) is 0 Å². The number of hydrogen-bond acceptors (Lipinski definition) is 4. The van der Waals surface area contributed by atoms with Gasteiger partial charge in [0.05, 0.1) is 0 Å². The molecular formula is C11H20N2O4Si. The molecule has 0 fully saturated rings. The lowest BCUT2D eigenvalue weighted by atomic mass is 10.2. The number of nitrogens with zero attached hydrogens (tertiary/aromatic N) is 2. The van der Waals surface area contributed by atoms with E-state index >= 15 is 0 Å². The van der Waals surface area contributed by atoms with Crippen molar-refractivity contribution in [1.29, 1.82) is 0 Å². The highest BCUT2D eigenvalue weighted by Gasteiger charge is 2.24. The maximum Gasteiger partial charge on any atom is 0.352 e. The Labute approximate surface area is 108 Å². The zero-order valence-electron chi connectivity index (χ0n) is 11.1. The number of ether oxygens (including phenoxy) is 1. The minimum atomic E-state index is -1.15. The van der Waals surface area contributed by atoms with E-state index in [2.05, 4.69) is 24.7 Å². The minimum Gasteiger partial charge on any atom is -0.477 e. The van der Waals surface area contributed by atoms with Crippen LogP contribution in [0.4, 0.5) is 0 Å². The lowest BCUT2D eigenvalue weighted by molar-refractivity contribution is -0.137. The molecule has 0 atom stereocenters. The molecule has 7 heteroatoms. The molecule has 6 nitrogen and oxygen atoms in total. The van der Waals surface area contributed by atoms with Crippen molar-refractivity contribution in [3.8, 4) is 0 Å². The molecule has 0 saturated carbocycles. The van der Waals surface area contributed by atoms with Gasteiger partial charge in [0.25, 0.3) is 0 Å². The molecular weight excluding hydrogens is 252 g/mol. The standard InChI is InChI=1S/C11H20N2O4Si/c1-18(2,3)7-6-17-8-13-10(14)5-4-9(12-13)11(15)16/h4-8H2,1-3H3,(H,15,16). The molecule has 0 unspecified atom stereocenters. The second kappa shape index (κ2) is 6.10. The van der Waals surface area contributed by atoms with Gasteiger partial charge in [0, 0.05) is 27.5 Å². The Morgan fingerprint density at radius 3 is 2.67 bits per heavy atom. The van der Waals surface area contributed by atoms with Crippen molar-refractivity contribution in [1.82, 2.24) is 5.01 Å². The Balaban J connectivity index is 2.42. The first-order valence-corrected chi connectivity index (χ1v) is 9.69. The quantitative estimate of drug-likeness (QED) is 0.585. The first kappa shape index (κ1) is 14.8. The van der Waals surface area contributed by atoms with E-state index in [1.807, 2.05) is 0 Å². The Bertz CT molecular complexity index is 363. The van der Waals surface area contributed by atoms with Gasteiger partial charge in [0.2, 0.25) is 5.91 Å². The summed E-state index contributed by atoms with van der Waals surface area (Å²) < 4.78 is 5.39. The highest BCUT2D eigenvalue weighted by atomic mass is 28.3. The van der Waals surface area contributed by atoms with Gasteiger partial charge in [-0.05, 0) is 6.04 Å². The number of hydrazone groups is 1. The number of carbonyl (C=O) groups excluding carboxylic acids is 1. The number of rotatable bonds is 6. The van der Waals surface area contributed by atoms with Crippen LogP contribution in [0.2, 0.25) is 25.7 Å². The summed E-state index contributed by atoms with van der Waals surface area (Å²) in [5, 5.41) is 13.7. The summed E-state index contributed by atoms with van der Waals surface area (Å²) in [5.74, 6) is -1.26. The second-order valence-corrected chi connectivity index (χ2v) is 11.1. The Morgan fingerprint density at radius 2 is 2.11 bits per heavy atom. The van der Waals surface area contributed by atoms with E-state index in [-0.39, 0.29) is 31.2 Å². The third-order valence-corrected chi connectivity index (χ3v) is 4.27. The zero-order valence-corrected chi connectivity index (χ0v) is 12.1. The molecule has 0 bridgehead atoms. The van der Waals surface area contributed by atoms with E-state index in [0.717, 1.165) is 11.1 Å². The number of aliphatic carboxylic acids is 1. The molecule has 0 aromatic carbocycles. The first-order valence-electron chi connectivity index (χ1n) is 5.98. The van der Waals surface area contributed by atoms with Crippen LogP contribution in [0.1, 0.15) is 12.8 Å². The van der Waals surface area contributed by atoms with Crippen molar-refractivity contribution < 1.29 is 19.4 Å². The van der Waals surface area contributed by atoms with E-state index in [1.54, 1.807) is 0 Å². The monoisotopic (exact) mass is 272 g/mol. The topological polar surface area (TPSA) is 79.2 Å². The highest BCUT2D eigenvalue weighted by Crippen LogP contribution is 2.11. The number of amides is 1. The van der Waals surface area contributed by atoms with Gasteiger partial charge in [-0.15, -0.1) is 0 Å². The molecule has 1 rings (SSSR count). The third-order valence-electron chi connectivity index (χ3n) is 2.56. The van der Waals surface area contributed by atoms with E-state index in [1.165, 1.54) is 0 Å². The minimum absolute atomic E-state index is 0.0170. The van der Waals surface area contributed by atoms with Crippen LogP contribution in [-0.2, 0) is 14.3 Å². The smallest absolute Gasteiger partial charge is 0.352 e. The molecule has 102 valence electrons. The summed E-state index contributed by atoms with van der Waals surface area (Å²) in [4.78, 5) is 22.3. The fourth-order valence-electron chi connectivity index (χ4n) is 1.39. The highest BCUT2D eigenvalue weighted by molar-refractivity contribution is 6.76. The van der Waals surface area contributed by atoms with E-state index < -0.39 is 14.0 Å². The summed E-state index contributed by atoms with van der Waals surface area (Å²) in [7, 11) is -1.15. The number of carbonyl (C=O) groups is 2. The molecule has 0 spiro atoms. The molecule has 0 radical (unpaired) electrons. The van der Waals surface area contributed by atoms with Gasteiger partial charge in [0.1, 0.15) is 12.4 Å². The largest absolute Gasteiger partial charge is 0.477 e. The van der Waals surface area contributed by atoms with Gasteiger partial charge in [0.15, 0.2) is 0 Å². The molecule has 1 N–H and O–H groups in total. The molecule has 0 saturated heterocycles. The molecule has 1 aliphatic heterocycles. The molecule has 0 aromatic rings. The normalized spacial score (nSPS) is 16.7. The predicted octanol–water partition coefficient (Wildman–Crippen LogP) is 1.36. The SMILES string of the molecule is C[Si](C)(C)CCOCN1N=C(C(=O)O)CCC1=O. The van der Waals surface area contributed by atoms with Crippen LogP contribution in [0.15, 0.2) is 5.10 Å². The summed E-state index contributed by atoms with van der Waals surface area (Å²) in [6.07, 6.45) is 0.377. The van der Waals surface area contributed by atoms with E-state index in [9.17, 15) is 9.59 Å². The molecule has 1 heterocycles. The maximum absolute atomic E-state index is 11.5. The zero-order chi connectivity index (χ0) is 13.8. The number of carboxylic acid groups (broad SMARTS) is 1. The average Bonchev–Trinajstić information content (AvgIpc) is 2.24. The second-order valence-electron chi connectivity index (χ2n) is 5.49. The predicted molar refractivity (Wildman–Crippen MR) is 70.1 cm³/mol. The van der Waals surface area contributed by atoms with Crippen molar-refractivity contribution in [2.45, 2.75) is 38.5 Å². The van der Waals surface area contributed by atoms with Crippen LogP contribution >= 0.6 is 0 Å².